The first-order chi connectivity index (χ1) is 12.5. The molecule has 7 nitrogen and oxygen atoms in total. The SMILES string of the molecule is C=CCOc1ccc(CNC(=O)NC2CC(N(CC)CC(=O)O)C2)cc1. The number of urea groups is 1. The number of carboxylic acids is 1. The van der Waals surface area contributed by atoms with Crippen molar-refractivity contribution in [3.05, 3.63) is 42.5 Å². The number of carboxylic acid groups (broad SMARTS) is 1. The van der Waals surface area contributed by atoms with E-state index in [-0.39, 0.29) is 24.7 Å². The van der Waals surface area contributed by atoms with Crippen molar-refractivity contribution in [3.8, 4) is 5.75 Å². The molecule has 3 N–H and O–H groups in total. The topological polar surface area (TPSA) is 90.9 Å². The van der Waals surface area contributed by atoms with Crippen LogP contribution in [0.25, 0.3) is 0 Å². The first-order valence-electron chi connectivity index (χ1n) is 8.84. The molecule has 0 spiro atoms. The highest BCUT2D eigenvalue weighted by atomic mass is 16.5. The highest BCUT2D eigenvalue weighted by Gasteiger charge is 2.34. The van der Waals surface area contributed by atoms with Crippen molar-refractivity contribution in [2.24, 2.45) is 0 Å². The molecule has 26 heavy (non-hydrogen) atoms. The molecule has 1 saturated carbocycles. The first-order valence-corrected chi connectivity index (χ1v) is 8.84. The van der Waals surface area contributed by atoms with Crippen LogP contribution < -0.4 is 15.4 Å². The zero-order valence-corrected chi connectivity index (χ0v) is 15.1. The molecule has 2 rings (SSSR count). The number of ether oxygens (including phenoxy) is 1. The van der Waals surface area contributed by atoms with Crippen molar-refractivity contribution in [3.63, 3.8) is 0 Å². The molecule has 0 radical (unpaired) electrons. The third kappa shape index (κ3) is 6.07. The predicted octanol–water partition coefficient (Wildman–Crippen LogP) is 1.99. The second kappa shape index (κ2) is 9.82. The number of nitrogens with zero attached hydrogens (tertiary/aromatic N) is 1. The zero-order chi connectivity index (χ0) is 18.9. The molecule has 0 atom stereocenters. The molecule has 1 aromatic rings. The fourth-order valence-corrected chi connectivity index (χ4v) is 2.95. The van der Waals surface area contributed by atoms with Crippen molar-refractivity contribution >= 4 is 12.0 Å². The van der Waals surface area contributed by atoms with E-state index in [1.165, 1.54) is 0 Å². The van der Waals surface area contributed by atoms with Gasteiger partial charge in [-0.05, 0) is 37.1 Å². The fourth-order valence-electron chi connectivity index (χ4n) is 2.95. The Hall–Kier alpha value is -2.54. The summed E-state index contributed by atoms with van der Waals surface area (Å²) in [6, 6.07) is 7.64. The highest BCUT2D eigenvalue weighted by Crippen LogP contribution is 2.25. The molecular weight excluding hydrogens is 334 g/mol. The number of carbonyl (C=O) groups is 2. The lowest BCUT2D eigenvalue weighted by atomic mass is 9.85. The summed E-state index contributed by atoms with van der Waals surface area (Å²) in [6.07, 6.45) is 3.25. The minimum atomic E-state index is -0.818. The molecule has 1 aliphatic carbocycles. The van der Waals surface area contributed by atoms with E-state index in [4.69, 9.17) is 9.84 Å². The summed E-state index contributed by atoms with van der Waals surface area (Å²) < 4.78 is 5.41. The van der Waals surface area contributed by atoms with Crippen molar-refractivity contribution in [2.45, 2.75) is 38.4 Å². The minimum absolute atomic E-state index is 0.0482. The number of aliphatic carboxylic acids is 1. The molecule has 1 aromatic carbocycles. The maximum absolute atomic E-state index is 12.0. The Bertz CT molecular complexity index is 612. The third-order valence-electron chi connectivity index (χ3n) is 4.45. The first kappa shape index (κ1) is 19.8. The standard InChI is InChI=1S/C19H27N3O4/c1-3-9-26-17-7-5-14(6-8-17)12-20-19(25)21-15-10-16(11-15)22(4-2)13-18(23)24/h3,5-8,15-16H,1,4,9-13H2,2H3,(H,23,24)(H2,20,21,25). The van der Waals surface area contributed by atoms with E-state index in [2.05, 4.69) is 17.2 Å². The van der Waals surface area contributed by atoms with Gasteiger partial charge in [0.25, 0.3) is 0 Å². The van der Waals surface area contributed by atoms with Gasteiger partial charge in [-0.15, -0.1) is 0 Å². The van der Waals surface area contributed by atoms with Crippen LogP contribution in [0.4, 0.5) is 4.79 Å². The van der Waals surface area contributed by atoms with Gasteiger partial charge in [-0.25, -0.2) is 4.79 Å². The number of likely N-dealkylation sites (N-methyl/N-ethyl adjacent to an activating group) is 1. The van der Waals surface area contributed by atoms with Gasteiger partial charge in [0, 0.05) is 18.6 Å². The lowest BCUT2D eigenvalue weighted by molar-refractivity contribution is -0.139. The van der Waals surface area contributed by atoms with Crippen LogP contribution in [0.1, 0.15) is 25.3 Å². The van der Waals surface area contributed by atoms with Crippen LogP contribution in [-0.4, -0.2) is 53.8 Å². The summed E-state index contributed by atoms with van der Waals surface area (Å²) in [4.78, 5) is 24.7. The quantitative estimate of drug-likeness (QED) is 0.555. The van der Waals surface area contributed by atoms with Crippen LogP contribution in [0, 0.1) is 0 Å². The summed E-state index contributed by atoms with van der Waals surface area (Å²) >= 11 is 0. The van der Waals surface area contributed by atoms with Crippen LogP contribution in [0.15, 0.2) is 36.9 Å². The van der Waals surface area contributed by atoms with E-state index >= 15 is 0 Å². The van der Waals surface area contributed by atoms with Crippen molar-refractivity contribution < 1.29 is 19.4 Å². The maximum Gasteiger partial charge on any atom is 0.317 e. The molecular formula is C19H27N3O4. The van der Waals surface area contributed by atoms with Gasteiger partial charge < -0.3 is 20.5 Å². The normalized spacial score (nSPS) is 18.7. The van der Waals surface area contributed by atoms with E-state index in [0.29, 0.717) is 19.7 Å². The summed E-state index contributed by atoms with van der Waals surface area (Å²) in [7, 11) is 0. The number of hydrogen-bond acceptors (Lipinski definition) is 4. The zero-order valence-electron chi connectivity index (χ0n) is 15.1. The molecule has 142 valence electrons. The van der Waals surface area contributed by atoms with E-state index in [1.54, 1.807) is 6.08 Å². The van der Waals surface area contributed by atoms with E-state index in [0.717, 1.165) is 24.2 Å². The Morgan fingerprint density at radius 1 is 1.35 bits per heavy atom. The number of rotatable bonds is 10. The van der Waals surface area contributed by atoms with Crippen LogP contribution in [0.5, 0.6) is 5.75 Å². The Balaban J connectivity index is 1.67. The van der Waals surface area contributed by atoms with Gasteiger partial charge in [-0.1, -0.05) is 31.7 Å². The lowest BCUT2D eigenvalue weighted by Gasteiger charge is -2.42. The van der Waals surface area contributed by atoms with E-state index in [1.807, 2.05) is 36.1 Å². The maximum atomic E-state index is 12.0. The minimum Gasteiger partial charge on any atom is -0.490 e. The number of benzene rings is 1. The average Bonchev–Trinajstić information content (AvgIpc) is 2.60. The number of nitrogens with one attached hydrogen (secondary N) is 2. The number of hydrogen-bond donors (Lipinski definition) is 3. The van der Waals surface area contributed by atoms with Crippen molar-refractivity contribution in [1.29, 1.82) is 0 Å². The Morgan fingerprint density at radius 2 is 2.04 bits per heavy atom. The molecule has 2 amide bonds. The van der Waals surface area contributed by atoms with E-state index in [9.17, 15) is 9.59 Å². The Kier molecular flexibility index (Phi) is 7.47. The smallest absolute Gasteiger partial charge is 0.317 e. The highest BCUT2D eigenvalue weighted by molar-refractivity contribution is 5.74. The second-order valence-electron chi connectivity index (χ2n) is 6.35. The van der Waals surface area contributed by atoms with Gasteiger partial charge in [0.05, 0.1) is 6.54 Å². The lowest BCUT2D eigenvalue weighted by Crippen LogP contribution is -2.56. The van der Waals surface area contributed by atoms with Crippen LogP contribution in [-0.2, 0) is 11.3 Å². The molecule has 0 bridgehead atoms. The molecule has 1 aliphatic rings. The monoisotopic (exact) mass is 361 g/mol. The van der Waals surface area contributed by atoms with Gasteiger partial charge >= 0.3 is 12.0 Å². The Morgan fingerprint density at radius 3 is 2.62 bits per heavy atom. The fraction of sp³-hybridized carbons (Fsp3) is 0.474. The molecule has 7 heteroatoms. The molecule has 0 heterocycles. The Labute approximate surface area is 154 Å². The largest absolute Gasteiger partial charge is 0.490 e. The third-order valence-corrected chi connectivity index (χ3v) is 4.45. The van der Waals surface area contributed by atoms with Gasteiger partial charge in [-0.2, -0.15) is 0 Å². The number of amides is 2. The van der Waals surface area contributed by atoms with Gasteiger partial charge in [0.1, 0.15) is 12.4 Å². The molecule has 0 aliphatic heterocycles. The molecule has 0 aromatic heterocycles. The second-order valence-corrected chi connectivity index (χ2v) is 6.35. The van der Waals surface area contributed by atoms with Gasteiger partial charge in [-0.3, -0.25) is 9.69 Å². The summed E-state index contributed by atoms with van der Waals surface area (Å²) in [5, 5.41) is 14.7. The summed E-state index contributed by atoms with van der Waals surface area (Å²) in [6.45, 7) is 7.19. The van der Waals surface area contributed by atoms with Crippen molar-refractivity contribution in [2.75, 3.05) is 19.7 Å². The van der Waals surface area contributed by atoms with Gasteiger partial charge in [0.2, 0.25) is 0 Å². The van der Waals surface area contributed by atoms with Crippen LogP contribution >= 0.6 is 0 Å². The number of carbonyl (C=O) groups excluding carboxylic acids is 1. The molecule has 0 saturated heterocycles. The predicted molar refractivity (Wildman–Crippen MR) is 99.2 cm³/mol. The average molecular weight is 361 g/mol. The summed E-state index contributed by atoms with van der Waals surface area (Å²) in [5.41, 5.74) is 0.983. The van der Waals surface area contributed by atoms with Crippen LogP contribution in [0.3, 0.4) is 0 Å². The van der Waals surface area contributed by atoms with Crippen molar-refractivity contribution in [1.82, 2.24) is 15.5 Å². The summed E-state index contributed by atoms with van der Waals surface area (Å²) in [5.74, 6) is -0.0534. The molecule has 1 fully saturated rings. The van der Waals surface area contributed by atoms with Gasteiger partial charge in [0.15, 0.2) is 0 Å². The van der Waals surface area contributed by atoms with Crippen LogP contribution in [0.2, 0.25) is 0 Å². The molecule has 0 unspecified atom stereocenters. The van der Waals surface area contributed by atoms with E-state index < -0.39 is 5.97 Å².